The van der Waals surface area contributed by atoms with Crippen molar-refractivity contribution in [3.63, 3.8) is 0 Å². The molecule has 0 radical (unpaired) electrons. The van der Waals surface area contributed by atoms with E-state index in [0.717, 1.165) is 15.9 Å². The fraction of sp³-hybridized carbons (Fsp3) is 0.273. The fourth-order valence-corrected chi connectivity index (χ4v) is 3.16. The van der Waals surface area contributed by atoms with Gasteiger partial charge in [-0.1, -0.05) is 11.2 Å². The molecule has 0 spiro atoms. The minimum Gasteiger partial charge on any atom is -0.337 e. The maximum atomic E-state index is 12.9. The van der Waals surface area contributed by atoms with Gasteiger partial charge in [-0.15, -0.1) is 16.4 Å². The lowest BCUT2D eigenvalue weighted by Gasteiger charge is -1.94. The number of halogens is 2. The molecular weight excluding hydrogens is 352 g/mol. The Balaban J connectivity index is 1.89. The molecule has 3 rings (SSSR count). The van der Waals surface area contributed by atoms with Crippen molar-refractivity contribution in [2.24, 2.45) is 0 Å². The van der Waals surface area contributed by atoms with E-state index in [1.165, 1.54) is 11.3 Å². The highest BCUT2D eigenvalue weighted by molar-refractivity contribution is 7.90. The molecule has 0 aliphatic carbocycles. The Morgan fingerprint density at radius 2 is 2.17 bits per heavy atom. The van der Waals surface area contributed by atoms with Gasteiger partial charge >= 0.3 is 0 Å². The van der Waals surface area contributed by atoms with Crippen LogP contribution in [0.2, 0.25) is 0 Å². The molecule has 23 heavy (non-hydrogen) atoms. The highest BCUT2D eigenvalue weighted by atomic mass is 32.2. The number of hydrogen-bond donors (Lipinski definition) is 0. The number of sulfone groups is 1. The van der Waals surface area contributed by atoms with E-state index in [9.17, 15) is 17.2 Å². The van der Waals surface area contributed by atoms with Crippen molar-refractivity contribution in [1.29, 1.82) is 0 Å². The van der Waals surface area contributed by atoms with E-state index in [-0.39, 0.29) is 12.4 Å². The summed E-state index contributed by atoms with van der Waals surface area (Å²) in [7, 11) is -3.92. The molecule has 0 N–H and O–H groups in total. The molecule has 3 aromatic heterocycles. The van der Waals surface area contributed by atoms with Gasteiger partial charge in [-0.25, -0.2) is 17.2 Å². The highest BCUT2D eigenvalue weighted by Crippen LogP contribution is 2.24. The van der Waals surface area contributed by atoms with Crippen LogP contribution in [0.4, 0.5) is 8.78 Å². The maximum absolute atomic E-state index is 12.9. The van der Waals surface area contributed by atoms with Gasteiger partial charge in [0.25, 0.3) is 12.3 Å². The third-order valence-corrected chi connectivity index (χ3v) is 4.55. The predicted molar refractivity (Wildman–Crippen MR) is 74.8 cm³/mol. The second-order valence-corrected chi connectivity index (χ2v) is 7.36. The summed E-state index contributed by atoms with van der Waals surface area (Å²) in [6, 6.07) is 3.61. The molecule has 0 aliphatic rings. The lowest BCUT2D eigenvalue weighted by molar-refractivity contribution is 0.141. The molecule has 0 aliphatic heterocycles. The van der Waals surface area contributed by atoms with E-state index in [1.54, 1.807) is 6.07 Å². The first kappa shape index (κ1) is 15.7. The summed E-state index contributed by atoms with van der Waals surface area (Å²) >= 11 is 1.41. The average Bonchev–Trinajstić information content (AvgIpc) is 3.17. The molecule has 3 heterocycles. The van der Waals surface area contributed by atoms with Crippen molar-refractivity contribution in [2.45, 2.75) is 18.0 Å². The monoisotopic (exact) mass is 361 g/mol. The summed E-state index contributed by atoms with van der Waals surface area (Å²) in [4.78, 5) is 5.66. The van der Waals surface area contributed by atoms with Gasteiger partial charge < -0.3 is 4.52 Å². The first-order valence-corrected chi connectivity index (χ1v) is 8.91. The summed E-state index contributed by atoms with van der Waals surface area (Å²) in [6.07, 6.45) is -2.27. The molecule has 0 aromatic carbocycles. The zero-order valence-electron chi connectivity index (χ0n) is 11.5. The third-order valence-electron chi connectivity index (χ3n) is 2.69. The van der Waals surface area contributed by atoms with Gasteiger partial charge in [0, 0.05) is 6.26 Å². The summed E-state index contributed by atoms with van der Waals surface area (Å²) < 4.78 is 53.7. The topological polar surface area (TPSA) is 104 Å². The molecule has 0 unspecified atom stereocenters. The summed E-state index contributed by atoms with van der Waals surface area (Å²) in [5, 5.41) is 11.9. The van der Waals surface area contributed by atoms with Crippen LogP contribution in [-0.4, -0.2) is 39.8 Å². The van der Waals surface area contributed by atoms with Gasteiger partial charge in [0.1, 0.15) is 6.54 Å². The van der Waals surface area contributed by atoms with Crippen molar-refractivity contribution in [3.05, 3.63) is 29.1 Å². The SMILES string of the molecule is CS(=O)(=O)c1nn(Cc2nc(-c3cccs3)no2)nc1C(F)F. The molecule has 0 saturated carbocycles. The van der Waals surface area contributed by atoms with Crippen molar-refractivity contribution >= 4 is 21.2 Å². The first-order chi connectivity index (χ1) is 10.8. The van der Waals surface area contributed by atoms with Crippen LogP contribution < -0.4 is 0 Å². The largest absolute Gasteiger partial charge is 0.337 e. The van der Waals surface area contributed by atoms with Crippen LogP contribution in [0, 0.1) is 0 Å². The van der Waals surface area contributed by atoms with Gasteiger partial charge in [-0.05, 0) is 11.4 Å². The van der Waals surface area contributed by atoms with Crippen LogP contribution in [0.25, 0.3) is 10.7 Å². The Kier molecular flexibility index (Phi) is 3.93. The standard InChI is InChI=1S/C11H9F2N5O3S2/c1-23(19,20)11-8(9(12)13)15-18(16-11)5-7-14-10(17-21-7)6-3-2-4-22-6/h2-4,9H,5H2,1H3. The Hall–Kier alpha value is -2.21. The normalized spacial score (nSPS) is 12.2. The fourth-order valence-electron chi connectivity index (χ4n) is 1.76. The van der Waals surface area contributed by atoms with Gasteiger partial charge in [0.15, 0.2) is 15.5 Å². The Labute approximate surface area is 132 Å². The van der Waals surface area contributed by atoms with Crippen molar-refractivity contribution < 1.29 is 21.7 Å². The Morgan fingerprint density at radius 1 is 1.39 bits per heavy atom. The smallest absolute Gasteiger partial charge is 0.285 e. The van der Waals surface area contributed by atoms with Gasteiger partial charge in [0.05, 0.1) is 4.88 Å². The predicted octanol–water partition coefficient (Wildman–Crippen LogP) is 1.78. The van der Waals surface area contributed by atoms with Crippen LogP contribution in [0.15, 0.2) is 27.1 Å². The molecule has 12 heteroatoms. The Bertz CT molecular complexity index is 918. The average molecular weight is 361 g/mol. The highest BCUT2D eigenvalue weighted by Gasteiger charge is 2.27. The Morgan fingerprint density at radius 3 is 2.74 bits per heavy atom. The van der Waals surface area contributed by atoms with E-state index >= 15 is 0 Å². The third kappa shape index (κ3) is 3.27. The minimum atomic E-state index is -3.92. The lowest BCUT2D eigenvalue weighted by Crippen LogP contribution is -2.06. The van der Waals surface area contributed by atoms with E-state index in [2.05, 4.69) is 20.3 Å². The maximum Gasteiger partial charge on any atom is 0.285 e. The number of rotatable bonds is 5. The molecule has 0 amide bonds. The number of alkyl halides is 2. The van der Waals surface area contributed by atoms with E-state index < -0.39 is 27.0 Å². The molecule has 8 nitrogen and oxygen atoms in total. The lowest BCUT2D eigenvalue weighted by atomic mass is 10.4. The number of nitrogens with zero attached hydrogens (tertiary/aromatic N) is 5. The summed E-state index contributed by atoms with van der Waals surface area (Å²) in [5.74, 6) is 0.420. The number of thiophene rings is 1. The quantitative estimate of drug-likeness (QED) is 0.682. The molecule has 0 atom stereocenters. The van der Waals surface area contributed by atoms with Crippen molar-refractivity contribution in [2.75, 3.05) is 6.26 Å². The molecule has 0 fully saturated rings. The molecular formula is C11H9F2N5O3S2. The van der Waals surface area contributed by atoms with E-state index in [0.29, 0.717) is 5.82 Å². The first-order valence-electron chi connectivity index (χ1n) is 6.14. The zero-order valence-corrected chi connectivity index (χ0v) is 13.2. The van der Waals surface area contributed by atoms with Gasteiger partial charge in [-0.3, -0.25) is 0 Å². The zero-order chi connectivity index (χ0) is 16.6. The summed E-state index contributed by atoms with van der Waals surface area (Å²) in [6.45, 7) is -0.215. The second-order valence-electron chi connectivity index (χ2n) is 4.48. The van der Waals surface area contributed by atoms with Crippen LogP contribution >= 0.6 is 11.3 Å². The summed E-state index contributed by atoms with van der Waals surface area (Å²) in [5.41, 5.74) is -0.898. The molecule has 3 aromatic rings. The van der Waals surface area contributed by atoms with E-state index in [1.807, 2.05) is 11.4 Å². The number of hydrogen-bond acceptors (Lipinski definition) is 8. The minimum absolute atomic E-state index is 0.0734. The number of aromatic nitrogens is 5. The van der Waals surface area contributed by atoms with Crippen molar-refractivity contribution in [3.8, 4) is 10.7 Å². The van der Waals surface area contributed by atoms with Gasteiger partial charge in [0.2, 0.25) is 10.9 Å². The molecule has 0 bridgehead atoms. The van der Waals surface area contributed by atoms with Crippen LogP contribution in [0.3, 0.4) is 0 Å². The molecule has 0 saturated heterocycles. The van der Waals surface area contributed by atoms with Crippen LogP contribution in [-0.2, 0) is 16.4 Å². The van der Waals surface area contributed by atoms with E-state index in [4.69, 9.17) is 4.52 Å². The van der Waals surface area contributed by atoms with Crippen molar-refractivity contribution in [1.82, 2.24) is 25.1 Å². The molecule has 122 valence electrons. The van der Waals surface area contributed by atoms with Gasteiger partial charge in [-0.2, -0.15) is 14.9 Å². The van der Waals surface area contributed by atoms with Crippen LogP contribution in [0.1, 0.15) is 18.0 Å². The second kappa shape index (κ2) is 5.77. The van der Waals surface area contributed by atoms with Crippen LogP contribution in [0.5, 0.6) is 0 Å².